The minimum absolute atomic E-state index is 0. The van der Waals surface area contributed by atoms with Crippen molar-refractivity contribution in [1.82, 2.24) is 10.2 Å². The van der Waals surface area contributed by atoms with Crippen molar-refractivity contribution in [3.05, 3.63) is 0 Å². The van der Waals surface area contributed by atoms with E-state index in [1.807, 2.05) is 6.92 Å². The van der Waals surface area contributed by atoms with Gasteiger partial charge in [-0.1, -0.05) is 32.1 Å². The number of carbonyl (C=O) groups is 1. The molecule has 1 saturated carbocycles. The molecule has 0 atom stereocenters. The second-order valence-corrected chi connectivity index (χ2v) is 7.04. The van der Waals surface area contributed by atoms with E-state index in [-0.39, 0.29) is 35.9 Å². The van der Waals surface area contributed by atoms with Crippen molar-refractivity contribution in [3.8, 4) is 0 Å². The molecule has 25 heavy (non-hydrogen) atoms. The number of ether oxygens (including phenoxy) is 1. The lowest BCUT2D eigenvalue weighted by Gasteiger charge is -2.33. The van der Waals surface area contributed by atoms with Crippen LogP contribution in [-0.4, -0.2) is 49.6 Å². The molecule has 2 fully saturated rings. The second kappa shape index (κ2) is 12.8. The molecule has 1 saturated heterocycles. The first kappa shape index (κ1) is 22.5. The molecule has 2 aliphatic rings. The highest BCUT2D eigenvalue weighted by Crippen LogP contribution is 2.26. The van der Waals surface area contributed by atoms with Gasteiger partial charge in [0.05, 0.1) is 12.5 Å². The van der Waals surface area contributed by atoms with E-state index >= 15 is 0 Å². The quantitative estimate of drug-likeness (QED) is 0.281. The zero-order valence-electron chi connectivity index (χ0n) is 16.0. The number of likely N-dealkylation sites (tertiary alicyclic amines) is 1. The Bertz CT molecular complexity index is 403. The number of nitrogens with one attached hydrogen (secondary N) is 1. The molecule has 0 radical (unpaired) electrons. The SMILES string of the molecule is CCNC(=NCCC1CCCCC1)N1CCC(C(=O)OCC)CC1.I. The number of piperidine rings is 1. The van der Waals surface area contributed by atoms with E-state index in [4.69, 9.17) is 9.73 Å². The zero-order chi connectivity index (χ0) is 17.2. The first-order valence-electron chi connectivity index (χ1n) is 9.94. The van der Waals surface area contributed by atoms with Crippen LogP contribution in [0.1, 0.15) is 65.2 Å². The van der Waals surface area contributed by atoms with Crippen LogP contribution in [0.5, 0.6) is 0 Å². The van der Waals surface area contributed by atoms with Crippen molar-refractivity contribution in [3.63, 3.8) is 0 Å². The van der Waals surface area contributed by atoms with E-state index in [1.54, 1.807) is 0 Å². The number of guanidine groups is 1. The molecular weight excluding hydrogens is 429 g/mol. The second-order valence-electron chi connectivity index (χ2n) is 7.04. The van der Waals surface area contributed by atoms with Crippen LogP contribution in [0, 0.1) is 11.8 Å². The third-order valence-corrected chi connectivity index (χ3v) is 5.27. The van der Waals surface area contributed by atoms with Crippen molar-refractivity contribution in [2.45, 2.75) is 65.2 Å². The Balaban J connectivity index is 0.00000312. The number of esters is 1. The van der Waals surface area contributed by atoms with Crippen molar-refractivity contribution in [1.29, 1.82) is 0 Å². The summed E-state index contributed by atoms with van der Waals surface area (Å²) in [4.78, 5) is 19.0. The van der Waals surface area contributed by atoms with Gasteiger partial charge in [0.1, 0.15) is 0 Å². The lowest BCUT2D eigenvalue weighted by atomic mass is 9.87. The highest BCUT2D eigenvalue weighted by Gasteiger charge is 2.27. The van der Waals surface area contributed by atoms with E-state index in [0.717, 1.165) is 50.9 Å². The molecule has 0 amide bonds. The maximum atomic E-state index is 11.9. The first-order chi connectivity index (χ1) is 11.7. The minimum atomic E-state index is -0.0311. The fraction of sp³-hybridized carbons (Fsp3) is 0.895. The molecular formula is C19H36IN3O2. The molecule has 2 rings (SSSR count). The van der Waals surface area contributed by atoms with Crippen molar-refractivity contribution in [2.75, 3.05) is 32.8 Å². The minimum Gasteiger partial charge on any atom is -0.466 e. The fourth-order valence-electron chi connectivity index (χ4n) is 3.84. The summed E-state index contributed by atoms with van der Waals surface area (Å²) in [6, 6.07) is 0. The molecule has 6 heteroatoms. The number of halogens is 1. The van der Waals surface area contributed by atoms with Gasteiger partial charge in [-0.3, -0.25) is 9.79 Å². The fourth-order valence-corrected chi connectivity index (χ4v) is 3.84. The summed E-state index contributed by atoms with van der Waals surface area (Å²) < 4.78 is 5.15. The number of hydrogen-bond donors (Lipinski definition) is 1. The molecule has 0 bridgehead atoms. The lowest BCUT2D eigenvalue weighted by molar-refractivity contribution is -0.149. The first-order valence-corrected chi connectivity index (χ1v) is 9.94. The van der Waals surface area contributed by atoms with Gasteiger partial charge >= 0.3 is 5.97 Å². The summed E-state index contributed by atoms with van der Waals surface area (Å²) in [6.07, 6.45) is 9.93. The monoisotopic (exact) mass is 465 g/mol. The Morgan fingerprint density at radius 3 is 2.40 bits per heavy atom. The molecule has 0 aromatic carbocycles. The summed E-state index contributed by atoms with van der Waals surface area (Å²) in [5.41, 5.74) is 0. The molecule has 0 unspecified atom stereocenters. The average molecular weight is 465 g/mol. The van der Waals surface area contributed by atoms with Gasteiger partial charge in [0.2, 0.25) is 0 Å². The molecule has 5 nitrogen and oxygen atoms in total. The van der Waals surface area contributed by atoms with Gasteiger partial charge < -0.3 is 15.0 Å². The third kappa shape index (κ3) is 7.71. The third-order valence-electron chi connectivity index (χ3n) is 5.27. The van der Waals surface area contributed by atoms with Crippen molar-refractivity contribution in [2.24, 2.45) is 16.8 Å². The van der Waals surface area contributed by atoms with Crippen molar-refractivity contribution >= 4 is 35.9 Å². The largest absolute Gasteiger partial charge is 0.466 e. The summed E-state index contributed by atoms with van der Waals surface area (Å²) in [6.45, 7) is 8.05. The van der Waals surface area contributed by atoms with Gasteiger partial charge in [0, 0.05) is 26.2 Å². The Labute approximate surface area is 170 Å². The van der Waals surface area contributed by atoms with Gasteiger partial charge in [-0.15, -0.1) is 24.0 Å². The molecule has 0 aromatic rings. The van der Waals surface area contributed by atoms with E-state index in [9.17, 15) is 4.79 Å². The lowest BCUT2D eigenvalue weighted by Crippen LogP contribution is -2.46. The summed E-state index contributed by atoms with van der Waals surface area (Å²) in [5.74, 6) is 1.93. The highest BCUT2D eigenvalue weighted by molar-refractivity contribution is 14.0. The molecule has 1 aliphatic heterocycles. The van der Waals surface area contributed by atoms with E-state index in [1.165, 1.54) is 38.5 Å². The van der Waals surface area contributed by atoms with Crippen molar-refractivity contribution < 1.29 is 9.53 Å². The number of rotatable bonds is 6. The number of carbonyl (C=O) groups excluding carboxylic acids is 1. The maximum absolute atomic E-state index is 11.9. The smallest absolute Gasteiger partial charge is 0.309 e. The number of nitrogens with zero attached hydrogens (tertiary/aromatic N) is 2. The molecule has 0 spiro atoms. The molecule has 1 N–H and O–H groups in total. The van der Waals surface area contributed by atoms with E-state index in [0.29, 0.717) is 6.61 Å². The van der Waals surface area contributed by atoms with Crippen LogP contribution >= 0.6 is 24.0 Å². The standard InChI is InChI=1S/C19H35N3O2.HI/c1-3-20-19(21-13-10-16-8-6-5-7-9-16)22-14-11-17(12-15-22)18(23)24-4-2;/h16-17H,3-15H2,1-2H3,(H,20,21);1H. The number of hydrogen-bond acceptors (Lipinski definition) is 3. The van der Waals surface area contributed by atoms with Crippen LogP contribution in [0.3, 0.4) is 0 Å². The van der Waals surface area contributed by atoms with Gasteiger partial charge in [0.25, 0.3) is 0 Å². The summed E-state index contributed by atoms with van der Waals surface area (Å²) in [5, 5.41) is 3.42. The Kier molecular flexibility index (Phi) is 11.5. The normalized spacial score (nSPS) is 20.1. The van der Waals surface area contributed by atoms with Crippen LogP contribution in [0.2, 0.25) is 0 Å². The van der Waals surface area contributed by atoms with Crippen LogP contribution < -0.4 is 5.32 Å². The van der Waals surface area contributed by atoms with E-state index in [2.05, 4.69) is 17.1 Å². The molecule has 146 valence electrons. The van der Waals surface area contributed by atoms with Gasteiger partial charge in [-0.2, -0.15) is 0 Å². The van der Waals surface area contributed by atoms with Crippen LogP contribution in [0.15, 0.2) is 4.99 Å². The molecule has 1 heterocycles. The van der Waals surface area contributed by atoms with E-state index < -0.39 is 0 Å². The predicted octanol–water partition coefficient (Wildman–Crippen LogP) is 3.82. The Hall–Kier alpha value is -0.530. The van der Waals surface area contributed by atoms with Gasteiger partial charge in [0.15, 0.2) is 5.96 Å². The van der Waals surface area contributed by atoms with Crippen LogP contribution in [-0.2, 0) is 9.53 Å². The summed E-state index contributed by atoms with van der Waals surface area (Å²) >= 11 is 0. The Morgan fingerprint density at radius 2 is 1.80 bits per heavy atom. The molecule has 1 aliphatic carbocycles. The van der Waals surface area contributed by atoms with Crippen LogP contribution in [0.4, 0.5) is 0 Å². The zero-order valence-corrected chi connectivity index (χ0v) is 18.3. The maximum Gasteiger partial charge on any atom is 0.309 e. The highest BCUT2D eigenvalue weighted by atomic mass is 127. The van der Waals surface area contributed by atoms with Crippen LogP contribution in [0.25, 0.3) is 0 Å². The topological polar surface area (TPSA) is 53.9 Å². The molecule has 0 aromatic heterocycles. The number of aliphatic imine (C=N–C) groups is 1. The predicted molar refractivity (Wildman–Crippen MR) is 114 cm³/mol. The average Bonchev–Trinajstić information content (AvgIpc) is 2.62. The summed E-state index contributed by atoms with van der Waals surface area (Å²) in [7, 11) is 0. The van der Waals surface area contributed by atoms with Gasteiger partial charge in [-0.05, 0) is 39.0 Å². The Morgan fingerprint density at radius 1 is 1.12 bits per heavy atom. The van der Waals surface area contributed by atoms with Gasteiger partial charge in [-0.25, -0.2) is 0 Å².